The maximum atomic E-state index is 12.9. The molecule has 6 rings (SSSR count). The van der Waals surface area contributed by atoms with E-state index in [0.717, 1.165) is 24.3 Å². The lowest BCUT2D eigenvalue weighted by molar-refractivity contribution is -0.0130. The Bertz CT molecular complexity index is 1850. The van der Waals surface area contributed by atoms with Crippen molar-refractivity contribution in [3.63, 3.8) is 0 Å². The second-order valence-corrected chi connectivity index (χ2v) is 10.4. The highest BCUT2D eigenvalue weighted by molar-refractivity contribution is 6.05. The average molecular weight is 635 g/mol. The molecule has 4 aromatic carbocycles. The molecule has 0 aromatic heterocycles. The molecule has 2 aliphatic rings. The minimum atomic E-state index is -1.69. The number of methoxy groups -OCH3 is 1. The summed E-state index contributed by atoms with van der Waals surface area (Å²) in [5.74, 6) is -4.50. The first-order valence-corrected chi connectivity index (χ1v) is 13.7. The van der Waals surface area contributed by atoms with Gasteiger partial charge in [-0.2, -0.15) is 0 Å². The SMILES string of the molecule is COc1cc(C2Oc3cc([C@H]4Oc5cc(O)cc(O)c5C(=O)[C@@H]4O)ccc3OC2CO)ccc1OC(=O)c1cc(O)c(O)c(O)c1. The van der Waals surface area contributed by atoms with Crippen LogP contribution >= 0.6 is 0 Å². The van der Waals surface area contributed by atoms with Gasteiger partial charge in [0.05, 0.1) is 19.3 Å². The molecule has 2 unspecified atom stereocenters. The van der Waals surface area contributed by atoms with Crippen molar-refractivity contribution in [2.45, 2.75) is 24.4 Å². The van der Waals surface area contributed by atoms with Gasteiger partial charge in [0.2, 0.25) is 5.78 Å². The Morgan fingerprint density at radius 2 is 1.43 bits per heavy atom. The standard InChI is InChI=1S/C32H26O14/c1-42-22-8-13(2-4-20(22)46-32(41)15-6-18(36)27(38)19(37)7-15)30-25(12-33)43-21-5-3-14(9-23(21)44-30)31-29(40)28(39)26-17(35)10-16(34)11-24(26)45-31/h2-11,25,29-31,33-38,40H,12H2,1H3/t25?,29-,30?,31+/m0/s1. The van der Waals surface area contributed by atoms with Gasteiger partial charge in [0.15, 0.2) is 64.7 Å². The van der Waals surface area contributed by atoms with Crippen molar-refractivity contribution in [2.75, 3.05) is 13.7 Å². The van der Waals surface area contributed by atoms with Gasteiger partial charge in [-0.15, -0.1) is 0 Å². The second-order valence-electron chi connectivity index (χ2n) is 10.4. The Morgan fingerprint density at radius 3 is 2.13 bits per heavy atom. The fraction of sp³-hybridized carbons (Fsp3) is 0.188. The van der Waals surface area contributed by atoms with E-state index < -0.39 is 65.8 Å². The molecule has 7 N–H and O–H groups in total. The van der Waals surface area contributed by atoms with Crippen LogP contribution in [-0.4, -0.2) is 73.4 Å². The monoisotopic (exact) mass is 634 g/mol. The highest BCUT2D eigenvalue weighted by Crippen LogP contribution is 2.46. The zero-order valence-electron chi connectivity index (χ0n) is 23.8. The van der Waals surface area contributed by atoms with Gasteiger partial charge in [0.1, 0.15) is 22.8 Å². The second kappa shape index (κ2) is 11.6. The minimum absolute atomic E-state index is 0.0336. The lowest BCUT2D eigenvalue weighted by Crippen LogP contribution is -2.37. The number of rotatable bonds is 6. The van der Waals surface area contributed by atoms with E-state index in [2.05, 4.69) is 0 Å². The van der Waals surface area contributed by atoms with Gasteiger partial charge in [0.25, 0.3) is 0 Å². The lowest BCUT2D eigenvalue weighted by Gasteiger charge is -2.35. The molecule has 4 aromatic rings. The van der Waals surface area contributed by atoms with Crippen LogP contribution < -0.4 is 23.7 Å². The summed E-state index contributed by atoms with van der Waals surface area (Å²) in [6.07, 6.45) is -4.74. The van der Waals surface area contributed by atoms with Crippen LogP contribution in [0.5, 0.6) is 57.5 Å². The fourth-order valence-corrected chi connectivity index (χ4v) is 5.23. The van der Waals surface area contributed by atoms with E-state index in [0.29, 0.717) is 11.1 Å². The molecular weight excluding hydrogens is 608 g/mol. The van der Waals surface area contributed by atoms with Gasteiger partial charge in [-0.25, -0.2) is 4.79 Å². The Morgan fingerprint density at radius 1 is 0.761 bits per heavy atom. The molecule has 46 heavy (non-hydrogen) atoms. The molecule has 4 atom stereocenters. The van der Waals surface area contributed by atoms with E-state index in [9.17, 15) is 45.3 Å². The van der Waals surface area contributed by atoms with E-state index >= 15 is 0 Å². The zero-order chi connectivity index (χ0) is 32.9. The van der Waals surface area contributed by atoms with Crippen LogP contribution in [0.4, 0.5) is 0 Å². The van der Waals surface area contributed by atoms with Crippen LogP contribution in [0.25, 0.3) is 0 Å². The van der Waals surface area contributed by atoms with Crippen LogP contribution in [0.3, 0.4) is 0 Å². The molecule has 0 aliphatic carbocycles. The molecule has 2 aliphatic heterocycles. The maximum absolute atomic E-state index is 12.9. The molecule has 0 spiro atoms. The number of esters is 1. The number of carbonyl (C=O) groups excluding carboxylic acids is 2. The molecule has 0 saturated carbocycles. The number of ketones is 1. The van der Waals surface area contributed by atoms with Crippen molar-refractivity contribution >= 4 is 11.8 Å². The third kappa shape index (κ3) is 5.25. The summed E-state index contributed by atoms with van der Waals surface area (Å²) in [6, 6.07) is 12.9. The normalized spacial score (nSPS) is 19.9. The van der Waals surface area contributed by atoms with Gasteiger partial charge in [-0.1, -0.05) is 12.1 Å². The summed E-state index contributed by atoms with van der Waals surface area (Å²) in [5, 5.41) is 69.9. The van der Waals surface area contributed by atoms with Crippen molar-refractivity contribution in [1.82, 2.24) is 0 Å². The predicted octanol–water partition coefficient (Wildman–Crippen LogP) is 2.99. The largest absolute Gasteiger partial charge is 0.508 e. The third-order valence-corrected chi connectivity index (χ3v) is 7.49. The predicted molar refractivity (Wildman–Crippen MR) is 154 cm³/mol. The number of hydrogen-bond donors (Lipinski definition) is 7. The van der Waals surface area contributed by atoms with Crippen LogP contribution in [0.1, 0.15) is 44.1 Å². The van der Waals surface area contributed by atoms with Gasteiger partial charge in [-0.3, -0.25) is 4.79 Å². The Balaban J connectivity index is 1.27. The number of ether oxygens (including phenoxy) is 5. The number of phenolic OH excluding ortho intramolecular Hbond substituents is 5. The Labute approximate surface area is 259 Å². The van der Waals surface area contributed by atoms with E-state index in [1.807, 2.05) is 0 Å². The van der Waals surface area contributed by atoms with E-state index in [4.69, 9.17) is 23.7 Å². The first kappa shape index (κ1) is 30.2. The number of aromatic hydroxyl groups is 5. The quantitative estimate of drug-likeness (QED) is 0.0921. The number of hydrogen-bond acceptors (Lipinski definition) is 14. The molecule has 238 valence electrons. The number of Topliss-reactive ketones (excluding diaryl/α,β-unsaturated/α-hetero) is 1. The van der Waals surface area contributed by atoms with Gasteiger partial charge in [-0.05, 0) is 42.0 Å². The molecule has 14 heteroatoms. The van der Waals surface area contributed by atoms with Crippen molar-refractivity contribution in [3.8, 4) is 57.5 Å². The van der Waals surface area contributed by atoms with Crippen LogP contribution in [0.2, 0.25) is 0 Å². The fourth-order valence-electron chi connectivity index (χ4n) is 5.23. The van der Waals surface area contributed by atoms with Gasteiger partial charge < -0.3 is 59.4 Å². The average Bonchev–Trinajstić information content (AvgIpc) is 3.03. The molecule has 14 nitrogen and oxygen atoms in total. The van der Waals surface area contributed by atoms with E-state index in [1.54, 1.807) is 0 Å². The zero-order valence-corrected chi connectivity index (χ0v) is 23.8. The van der Waals surface area contributed by atoms with Crippen molar-refractivity contribution in [2.24, 2.45) is 0 Å². The molecule has 0 fully saturated rings. The number of benzene rings is 4. The highest BCUT2D eigenvalue weighted by Gasteiger charge is 2.40. The maximum Gasteiger partial charge on any atom is 0.343 e. The number of fused-ring (bicyclic) bond motifs is 2. The molecule has 0 amide bonds. The highest BCUT2D eigenvalue weighted by atomic mass is 16.6. The summed E-state index contributed by atoms with van der Waals surface area (Å²) in [5.41, 5.74) is 0.244. The van der Waals surface area contributed by atoms with Crippen molar-refractivity contribution < 1.29 is 69.0 Å². The van der Waals surface area contributed by atoms with Crippen molar-refractivity contribution in [1.29, 1.82) is 0 Å². The smallest absolute Gasteiger partial charge is 0.343 e. The lowest BCUT2D eigenvalue weighted by atomic mass is 9.92. The third-order valence-electron chi connectivity index (χ3n) is 7.49. The summed E-state index contributed by atoms with van der Waals surface area (Å²) in [6.45, 7) is -0.457. The molecular formula is C32H26O14. The summed E-state index contributed by atoms with van der Waals surface area (Å²) < 4.78 is 28.8. The number of carbonyl (C=O) groups is 2. The molecule has 2 heterocycles. The van der Waals surface area contributed by atoms with Crippen LogP contribution in [-0.2, 0) is 0 Å². The van der Waals surface area contributed by atoms with Gasteiger partial charge >= 0.3 is 5.97 Å². The van der Waals surface area contributed by atoms with Crippen LogP contribution in [0, 0.1) is 0 Å². The van der Waals surface area contributed by atoms with Crippen molar-refractivity contribution in [3.05, 3.63) is 82.9 Å². The Kier molecular flexibility index (Phi) is 7.59. The van der Waals surface area contributed by atoms with Gasteiger partial charge in [0, 0.05) is 17.7 Å². The first-order valence-electron chi connectivity index (χ1n) is 13.7. The number of aliphatic hydroxyl groups excluding tert-OH is 2. The summed E-state index contributed by atoms with van der Waals surface area (Å²) >= 11 is 0. The first-order chi connectivity index (χ1) is 22.0. The minimum Gasteiger partial charge on any atom is -0.508 e. The van der Waals surface area contributed by atoms with E-state index in [1.165, 1.54) is 43.5 Å². The molecule has 0 saturated heterocycles. The van der Waals surface area contributed by atoms with E-state index in [-0.39, 0.29) is 45.6 Å². The number of aliphatic hydroxyl groups is 2. The Hall–Kier alpha value is -5.86. The summed E-state index contributed by atoms with van der Waals surface area (Å²) in [7, 11) is 1.33. The molecule has 0 radical (unpaired) electrons. The topological polar surface area (TPSA) is 222 Å². The molecule has 0 bridgehead atoms. The van der Waals surface area contributed by atoms with Crippen LogP contribution in [0.15, 0.2) is 60.7 Å². The number of phenols is 5. The summed E-state index contributed by atoms with van der Waals surface area (Å²) in [4.78, 5) is 25.6.